The SMILES string of the molecule is CCN(CC)CCS[C@H](CO)c1ccccc1. The maximum atomic E-state index is 9.42. The van der Waals surface area contributed by atoms with Crippen LogP contribution in [0.15, 0.2) is 30.3 Å². The van der Waals surface area contributed by atoms with Gasteiger partial charge in [-0.3, -0.25) is 0 Å². The van der Waals surface area contributed by atoms with Crippen LogP contribution in [0.4, 0.5) is 0 Å². The van der Waals surface area contributed by atoms with Gasteiger partial charge in [0.25, 0.3) is 0 Å². The topological polar surface area (TPSA) is 23.5 Å². The van der Waals surface area contributed by atoms with Crippen molar-refractivity contribution in [2.45, 2.75) is 19.1 Å². The highest BCUT2D eigenvalue weighted by Crippen LogP contribution is 2.27. The molecule has 0 fully saturated rings. The van der Waals surface area contributed by atoms with Crippen LogP contribution in [0.3, 0.4) is 0 Å². The Morgan fingerprint density at radius 2 is 1.82 bits per heavy atom. The minimum atomic E-state index is 0.215. The lowest BCUT2D eigenvalue weighted by Gasteiger charge is -2.20. The summed E-state index contributed by atoms with van der Waals surface area (Å²) in [7, 11) is 0. The Balaban J connectivity index is 2.38. The van der Waals surface area contributed by atoms with Gasteiger partial charge in [-0.15, -0.1) is 0 Å². The average Bonchev–Trinajstić information content (AvgIpc) is 2.40. The third-order valence-corrected chi connectivity index (χ3v) is 4.20. The number of nitrogens with zero attached hydrogens (tertiary/aromatic N) is 1. The molecule has 0 heterocycles. The first-order valence-corrected chi connectivity index (χ1v) is 7.36. The van der Waals surface area contributed by atoms with Crippen molar-refractivity contribution in [1.29, 1.82) is 0 Å². The van der Waals surface area contributed by atoms with Crippen molar-refractivity contribution in [2.24, 2.45) is 0 Å². The van der Waals surface area contributed by atoms with Crippen molar-refractivity contribution in [3.63, 3.8) is 0 Å². The molecular formula is C14H23NOS. The molecular weight excluding hydrogens is 230 g/mol. The lowest BCUT2D eigenvalue weighted by molar-refractivity contribution is 0.295. The first-order chi connectivity index (χ1) is 8.31. The molecule has 0 saturated carbocycles. The van der Waals surface area contributed by atoms with Crippen LogP contribution in [-0.4, -0.2) is 42.0 Å². The molecule has 3 heteroatoms. The Kier molecular flexibility index (Phi) is 7.33. The molecule has 0 bridgehead atoms. The van der Waals surface area contributed by atoms with Gasteiger partial charge in [0, 0.05) is 12.3 Å². The van der Waals surface area contributed by atoms with Crippen molar-refractivity contribution < 1.29 is 5.11 Å². The van der Waals surface area contributed by atoms with E-state index < -0.39 is 0 Å². The van der Waals surface area contributed by atoms with E-state index in [4.69, 9.17) is 0 Å². The molecule has 1 N–H and O–H groups in total. The Morgan fingerprint density at radius 3 is 2.35 bits per heavy atom. The van der Waals surface area contributed by atoms with Crippen LogP contribution in [0.2, 0.25) is 0 Å². The van der Waals surface area contributed by atoms with Crippen molar-refractivity contribution in [2.75, 3.05) is 32.0 Å². The van der Waals surface area contributed by atoms with Crippen LogP contribution in [0.1, 0.15) is 24.7 Å². The number of hydrogen-bond donors (Lipinski definition) is 1. The smallest absolute Gasteiger partial charge is 0.0591 e. The van der Waals surface area contributed by atoms with E-state index in [1.165, 1.54) is 5.56 Å². The number of benzene rings is 1. The Labute approximate surface area is 109 Å². The van der Waals surface area contributed by atoms with Gasteiger partial charge in [0.05, 0.1) is 11.9 Å². The first-order valence-electron chi connectivity index (χ1n) is 6.31. The summed E-state index contributed by atoms with van der Waals surface area (Å²) in [6.45, 7) is 7.90. The zero-order chi connectivity index (χ0) is 12.5. The zero-order valence-corrected chi connectivity index (χ0v) is 11.6. The molecule has 0 aliphatic heterocycles. The minimum absolute atomic E-state index is 0.215. The van der Waals surface area contributed by atoms with Gasteiger partial charge in [-0.2, -0.15) is 11.8 Å². The molecule has 0 aliphatic rings. The molecule has 0 saturated heterocycles. The maximum absolute atomic E-state index is 9.42. The van der Waals surface area contributed by atoms with E-state index in [0.717, 1.165) is 25.4 Å². The first kappa shape index (κ1) is 14.6. The second kappa shape index (κ2) is 8.56. The zero-order valence-electron chi connectivity index (χ0n) is 10.8. The monoisotopic (exact) mass is 253 g/mol. The Morgan fingerprint density at radius 1 is 1.18 bits per heavy atom. The molecule has 96 valence electrons. The van der Waals surface area contributed by atoms with Gasteiger partial charge in [0.2, 0.25) is 0 Å². The summed E-state index contributed by atoms with van der Waals surface area (Å²) >= 11 is 1.84. The summed E-state index contributed by atoms with van der Waals surface area (Å²) in [5, 5.41) is 9.64. The highest BCUT2D eigenvalue weighted by molar-refractivity contribution is 7.99. The normalized spacial score (nSPS) is 12.9. The third-order valence-electron chi connectivity index (χ3n) is 2.96. The predicted octanol–water partition coefficient (Wildman–Crippen LogP) is 2.80. The molecule has 0 spiro atoms. The Hall–Kier alpha value is -0.510. The van der Waals surface area contributed by atoms with Crippen molar-refractivity contribution in [3.8, 4) is 0 Å². The van der Waals surface area contributed by atoms with E-state index >= 15 is 0 Å². The molecule has 1 rings (SSSR count). The molecule has 0 aliphatic carbocycles. The fourth-order valence-corrected chi connectivity index (χ4v) is 2.89. The molecule has 1 atom stereocenters. The van der Waals surface area contributed by atoms with Gasteiger partial charge in [-0.05, 0) is 18.7 Å². The largest absolute Gasteiger partial charge is 0.395 e. The lowest BCUT2D eigenvalue weighted by Crippen LogP contribution is -2.25. The summed E-state index contributed by atoms with van der Waals surface area (Å²) in [4.78, 5) is 2.41. The van der Waals surface area contributed by atoms with Crippen LogP contribution in [0.5, 0.6) is 0 Å². The second-order valence-electron chi connectivity index (χ2n) is 3.98. The number of thioether (sulfide) groups is 1. The maximum Gasteiger partial charge on any atom is 0.0591 e. The molecule has 0 unspecified atom stereocenters. The minimum Gasteiger partial charge on any atom is -0.395 e. The summed E-state index contributed by atoms with van der Waals surface area (Å²) in [6.07, 6.45) is 0. The van der Waals surface area contributed by atoms with Gasteiger partial charge in [0.1, 0.15) is 0 Å². The average molecular weight is 253 g/mol. The molecule has 0 amide bonds. The summed E-state index contributed by atoms with van der Waals surface area (Å²) < 4.78 is 0. The molecule has 0 aromatic heterocycles. The van der Waals surface area contributed by atoms with Crippen LogP contribution in [0, 0.1) is 0 Å². The summed E-state index contributed by atoms with van der Waals surface area (Å²) in [6, 6.07) is 10.3. The van der Waals surface area contributed by atoms with Crippen LogP contribution in [0.25, 0.3) is 0 Å². The summed E-state index contributed by atoms with van der Waals surface area (Å²) in [5.74, 6) is 1.07. The van der Waals surface area contributed by atoms with Crippen LogP contribution < -0.4 is 0 Å². The van der Waals surface area contributed by atoms with Gasteiger partial charge < -0.3 is 10.0 Å². The predicted molar refractivity (Wildman–Crippen MR) is 76.5 cm³/mol. The van der Waals surface area contributed by atoms with E-state index in [0.29, 0.717) is 0 Å². The van der Waals surface area contributed by atoms with Gasteiger partial charge in [-0.25, -0.2) is 0 Å². The number of aliphatic hydroxyl groups is 1. The fraction of sp³-hybridized carbons (Fsp3) is 0.571. The van der Waals surface area contributed by atoms with E-state index in [1.807, 2.05) is 30.0 Å². The van der Waals surface area contributed by atoms with E-state index in [9.17, 15) is 5.11 Å². The van der Waals surface area contributed by atoms with Crippen LogP contribution in [-0.2, 0) is 0 Å². The molecule has 17 heavy (non-hydrogen) atoms. The van der Waals surface area contributed by atoms with E-state index in [-0.39, 0.29) is 11.9 Å². The van der Waals surface area contributed by atoms with Crippen molar-refractivity contribution in [1.82, 2.24) is 4.90 Å². The lowest BCUT2D eigenvalue weighted by atomic mass is 10.2. The van der Waals surface area contributed by atoms with Crippen molar-refractivity contribution >= 4 is 11.8 Å². The van der Waals surface area contributed by atoms with Gasteiger partial charge in [0.15, 0.2) is 0 Å². The standard InChI is InChI=1S/C14H23NOS/c1-3-15(4-2)10-11-17-14(12-16)13-8-6-5-7-9-13/h5-9,14,16H,3-4,10-12H2,1-2H3/t14-/m1/s1. The number of hydrogen-bond acceptors (Lipinski definition) is 3. The Bertz CT molecular complexity index is 288. The second-order valence-corrected chi connectivity index (χ2v) is 5.29. The molecule has 1 aromatic carbocycles. The highest BCUT2D eigenvalue weighted by Gasteiger charge is 2.10. The van der Waals surface area contributed by atoms with Gasteiger partial charge in [-0.1, -0.05) is 44.2 Å². The van der Waals surface area contributed by atoms with Gasteiger partial charge >= 0.3 is 0 Å². The fourth-order valence-electron chi connectivity index (χ4n) is 1.79. The summed E-state index contributed by atoms with van der Waals surface area (Å²) in [5.41, 5.74) is 1.22. The number of aliphatic hydroxyl groups excluding tert-OH is 1. The van der Waals surface area contributed by atoms with Crippen molar-refractivity contribution in [3.05, 3.63) is 35.9 Å². The van der Waals surface area contributed by atoms with E-state index in [1.54, 1.807) is 0 Å². The van der Waals surface area contributed by atoms with E-state index in [2.05, 4.69) is 30.9 Å². The highest BCUT2D eigenvalue weighted by atomic mass is 32.2. The molecule has 0 radical (unpaired) electrons. The quantitative estimate of drug-likeness (QED) is 0.770. The number of rotatable bonds is 8. The third kappa shape index (κ3) is 5.11. The van der Waals surface area contributed by atoms with Crippen LogP contribution >= 0.6 is 11.8 Å². The molecule has 2 nitrogen and oxygen atoms in total. The molecule has 1 aromatic rings.